The van der Waals surface area contributed by atoms with E-state index < -0.39 is 0 Å². The Bertz CT molecular complexity index is 821. The molecular formula is C22H31FIN5. The minimum absolute atomic E-state index is 0. The van der Waals surface area contributed by atoms with Gasteiger partial charge in [-0.15, -0.1) is 24.0 Å². The highest BCUT2D eigenvalue weighted by atomic mass is 127. The normalized spacial score (nSPS) is 15.0. The Morgan fingerprint density at radius 3 is 2.69 bits per heavy atom. The average molecular weight is 511 g/mol. The second kappa shape index (κ2) is 11.3. The van der Waals surface area contributed by atoms with Gasteiger partial charge in [0.1, 0.15) is 11.6 Å². The molecule has 1 saturated heterocycles. The zero-order valence-corrected chi connectivity index (χ0v) is 19.7. The number of nitrogens with one attached hydrogen (secondary N) is 2. The highest BCUT2D eigenvalue weighted by Crippen LogP contribution is 2.19. The fraction of sp³-hybridized carbons (Fsp3) is 0.455. The predicted molar refractivity (Wildman–Crippen MR) is 129 cm³/mol. The molecule has 2 aromatic rings. The van der Waals surface area contributed by atoms with Crippen LogP contribution in [-0.4, -0.2) is 30.6 Å². The summed E-state index contributed by atoms with van der Waals surface area (Å²) in [5, 5.41) is 6.64. The number of aromatic nitrogens is 1. The van der Waals surface area contributed by atoms with Gasteiger partial charge in [-0.3, -0.25) is 0 Å². The number of hydrogen-bond acceptors (Lipinski definition) is 3. The Labute approximate surface area is 190 Å². The van der Waals surface area contributed by atoms with Crippen LogP contribution in [0.25, 0.3) is 0 Å². The standard InChI is InChI=1S/C22H30FN5.HI/c1-4-24-22(27-17(3)19-8-7-16(2)20(23)14-19)26-15-18-9-10-25-21(13-18)28-11-5-6-12-28;/h7-10,13-14,17H,4-6,11-12,15H2,1-3H3,(H2,24,26,27);1H. The van der Waals surface area contributed by atoms with Gasteiger partial charge < -0.3 is 15.5 Å². The van der Waals surface area contributed by atoms with E-state index in [1.165, 1.54) is 12.8 Å². The Morgan fingerprint density at radius 2 is 2.00 bits per heavy atom. The molecule has 0 bridgehead atoms. The summed E-state index contributed by atoms with van der Waals surface area (Å²) in [5.74, 6) is 1.57. The van der Waals surface area contributed by atoms with Crippen molar-refractivity contribution in [2.24, 2.45) is 4.99 Å². The maximum atomic E-state index is 13.9. The first-order chi connectivity index (χ1) is 13.6. The quantitative estimate of drug-likeness (QED) is 0.339. The van der Waals surface area contributed by atoms with Gasteiger partial charge in [-0.25, -0.2) is 14.4 Å². The van der Waals surface area contributed by atoms with E-state index in [0.717, 1.165) is 42.5 Å². The number of anilines is 1. The van der Waals surface area contributed by atoms with Crippen LogP contribution in [0.3, 0.4) is 0 Å². The average Bonchev–Trinajstić information content (AvgIpc) is 3.23. The SMILES string of the molecule is CCNC(=NCc1ccnc(N2CCCC2)c1)NC(C)c1ccc(C)c(F)c1.I. The molecule has 1 atom stereocenters. The molecule has 1 aliphatic heterocycles. The molecule has 2 heterocycles. The minimum Gasteiger partial charge on any atom is -0.357 e. The zero-order valence-electron chi connectivity index (χ0n) is 17.4. The van der Waals surface area contributed by atoms with Crippen LogP contribution in [0.1, 0.15) is 49.4 Å². The third kappa shape index (κ3) is 6.55. The topological polar surface area (TPSA) is 52.6 Å². The molecule has 1 aromatic heterocycles. The fourth-order valence-corrected chi connectivity index (χ4v) is 3.34. The van der Waals surface area contributed by atoms with Gasteiger partial charge in [-0.05, 0) is 68.5 Å². The highest BCUT2D eigenvalue weighted by Gasteiger charge is 2.14. The summed E-state index contributed by atoms with van der Waals surface area (Å²) in [5.41, 5.74) is 2.68. The van der Waals surface area contributed by atoms with Crippen LogP contribution in [0.5, 0.6) is 0 Å². The Morgan fingerprint density at radius 1 is 1.24 bits per heavy atom. The predicted octanol–water partition coefficient (Wildman–Crippen LogP) is 4.56. The van der Waals surface area contributed by atoms with Gasteiger partial charge in [0.05, 0.1) is 12.6 Å². The van der Waals surface area contributed by atoms with E-state index in [-0.39, 0.29) is 35.8 Å². The third-order valence-electron chi connectivity index (χ3n) is 5.05. The van der Waals surface area contributed by atoms with Crippen molar-refractivity contribution in [1.29, 1.82) is 0 Å². The number of halogens is 2. The molecule has 0 saturated carbocycles. The molecule has 1 aliphatic rings. The maximum Gasteiger partial charge on any atom is 0.192 e. The number of pyridine rings is 1. The molecule has 3 rings (SSSR count). The number of guanidine groups is 1. The smallest absolute Gasteiger partial charge is 0.192 e. The Kier molecular flexibility index (Phi) is 9.13. The first-order valence-corrected chi connectivity index (χ1v) is 10.1. The van der Waals surface area contributed by atoms with E-state index in [4.69, 9.17) is 4.99 Å². The van der Waals surface area contributed by atoms with Crippen LogP contribution in [0.4, 0.5) is 10.2 Å². The van der Waals surface area contributed by atoms with Gasteiger partial charge >= 0.3 is 0 Å². The number of benzene rings is 1. The van der Waals surface area contributed by atoms with E-state index in [9.17, 15) is 4.39 Å². The molecule has 7 heteroatoms. The summed E-state index contributed by atoms with van der Waals surface area (Å²) < 4.78 is 13.9. The number of aryl methyl sites for hydroxylation is 1. The van der Waals surface area contributed by atoms with Crippen LogP contribution in [-0.2, 0) is 6.54 Å². The summed E-state index contributed by atoms with van der Waals surface area (Å²) in [6.07, 6.45) is 4.32. The Hall–Kier alpha value is -1.90. The molecule has 29 heavy (non-hydrogen) atoms. The lowest BCUT2D eigenvalue weighted by Crippen LogP contribution is -2.38. The van der Waals surface area contributed by atoms with Gasteiger partial charge in [0, 0.05) is 25.8 Å². The molecule has 1 fully saturated rings. The zero-order chi connectivity index (χ0) is 19.9. The summed E-state index contributed by atoms with van der Waals surface area (Å²) in [7, 11) is 0. The largest absolute Gasteiger partial charge is 0.357 e. The van der Waals surface area contributed by atoms with Gasteiger partial charge in [0.15, 0.2) is 5.96 Å². The van der Waals surface area contributed by atoms with Crippen LogP contribution in [0.2, 0.25) is 0 Å². The van der Waals surface area contributed by atoms with E-state index >= 15 is 0 Å². The Balaban J connectivity index is 0.00000300. The van der Waals surface area contributed by atoms with E-state index in [2.05, 4.69) is 26.6 Å². The first-order valence-electron chi connectivity index (χ1n) is 10.1. The second-order valence-corrected chi connectivity index (χ2v) is 7.29. The molecule has 1 aromatic carbocycles. The van der Waals surface area contributed by atoms with Crippen molar-refractivity contribution >= 4 is 35.8 Å². The molecule has 0 spiro atoms. The van der Waals surface area contributed by atoms with Crippen LogP contribution in [0.15, 0.2) is 41.5 Å². The van der Waals surface area contributed by atoms with Gasteiger partial charge in [0.2, 0.25) is 0 Å². The highest BCUT2D eigenvalue weighted by molar-refractivity contribution is 14.0. The third-order valence-corrected chi connectivity index (χ3v) is 5.05. The van der Waals surface area contributed by atoms with Crippen molar-refractivity contribution in [3.8, 4) is 0 Å². The van der Waals surface area contributed by atoms with Crippen LogP contribution in [0, 0.1) is 12.7 Å². The molecule has 2 N–H and O–H groups in total. The second-order valence-electron chi connectivity index (χ2n) is 7.29. The lowest BCUT2D eigenvalue weighted by atomic mass is 10.1. The summed E-state index contributed by atoms with van der Waals surface area (Å²) in [6, 6.07) is 9.42. The molecule has 0 aliphatic carbocycles. The van der Waals surface area contributed by atoms with Gasteiger partial charge in [-0.2, -0.15) is 0 Å². The van der Waals surface area contributed by atoms with Crippen LogP contribution >= 0.6 is 24.0 Å². The molecule has 5 nitrogen and oxygen atoms in total. The monoisotopic (exact) mass is 511 g/mol. The molecule has 1 unspecified atom stereocenters. The van der Waals surface area contributed by atoms with Crippen LogP contribution < -0.4 is 15.5 Å². The van der Waals surface area contributed by atoms with Crippen molar-refractivity contribution in [3.63, 3.8) is 0 Å². The van der Waals surface area contributed by atoms with Crippen molar-refractivity contribution in [1.82, 2.24) is 15.6 Å². The van der Waals surface area contributed by atoms with Gasteiger partial charge in [-0.1, -0.05) is 12.1 Å². The number of nitrogens with zero attached hydrogens (tertiary/aromatic N) is 3. The lowest BCUT2D eigenvalue weighted by Gasteiger charge is -2.19. The fourth-order valence-electron chi connectivity index (χ4n) is 3.34. The number of hydrogen-bond donors (Lipinski definition) is 2. The summed E-state index contributed by atoms with van der Waals surface area (Å²) in [6.45, 7) is 9.29. The van der Waals surface area contributed by atoms with E-state index in [1.807, 2.05) is 38.2 Å². The van der Waals surface area contributed by atoms with Gasteiger partial charge in [0.25, 0.3) is 0 Å². The van der Waals surface area contributed by atoms with Crippen molar-refractivity contribution in [3.05, 3.63) is 59.0 Å². The molecule has 158 valence electrons. The maximum absolute atomic E-state index is 13.9. The van der Waals surface area contributed by atoms with E-state index in [0.29, 0.717) is 12.1 Å². The van der Waals surface area contributed by atoms with Crippen molar-refractivity contribution in [2.75, 3.05) is 24.5 Å². The van der Waals surface area contributed by atoms with Crippen molar-refractivity contribution in [2.45, 2.75) is 46.2 Å². The summed E-state index contributed by atoms with van der Waals surface area (Å²) in [4.78, 5) is 11.5. The molecule has 0 radical (unpaired) electrons. The van der Waals surface area contributed by atoms with E-state index in [1.54, 1.807) is 13.0 Å². The molecule has 0 amide bonds. The lowest BCUT2D eigenvalue weighted by molar-refractivity contribution is 0.607. The molecular weight excluding hydrogens is 480 g/mol. The summed E-state index contributed by atoms with van der Waals surface area (Å²) >= 11 is 0. The number of aliphatic imine (C=N–C) groups is 1. The number of rotatable bonds is 6. The first kappa shape index (κ1) is 23.4. The minimum atomic E-state index is -0.181. The van der Waals surface area contributed by atoms with Crippen molar-refractivity contribution < 1.29 is 4.39 Å².